The predicted octanol–water partition coefficient (Wildman–Crippen LogP) is 4.46. The van der Waals surface area contributed by atoms with E-state index in [0.717, 1.165) is 19.4 Å². The molecule has 2 unspecified atom stereocenters. The summed E-state index contributed by atoms with van der Waals surface area (Å²) in [5, 5.41) is 8.99. The van der Waals surface area contributed by atoms with Gasteiger partial charge in [0.1, 0.15) is 0 Å². The molecule has 1 aliphatic heterocycles. The molecule has 1 saturated heterocycles. The van der Waals surface area contributed by atoms with Gasteiger partial charge < -0.3 is 14.6 Å². The molecular weight excluding hydrogens is 264 g/mol. The molecule has 2 atom stereocenters. The standard InChI is InChI=1S/C18H36O3/c1-2-3-4-5-6-7-8-9-10-11-14-20-16-18-13-12-17(15-19)21-18/h17-19H,2-16H2,1H3. The van der Waals surface area contributed by atoms with Crippen molar-refractivity contribution >= 4 is 0 Å². The smallest absolute Gasteiger partial charge is 0.0814 e. The number of aliphatic hydroxyl groups excluding tert-OH is 1. The van der Waals surface area contributed by atoms with E-state index in [-0.39, 0.29) is 18.8 Å². The molecule has 0 spiro atoms. The number of unbranched alkanes of at least 4 members (excludes halogenated alkanes) is 9. The molecule has 1 heterocycles. The van der Waals surface area contributed by atoms with Crippen LogP contribution in [0, 0.1) is 0 Å². The Morgan fingerprint density at radius 1 is 0.857 bits per heavy atom. The lowest BCUT2D eigenvalue weighted by molar-refractivity contribution is -0.0318. The number of ether oxygens (including phenoxy) is 2. The van der Waals surface area contributed by atoms with Gasteiger partial charge in [-0.25, -0.2) is 0 Å². The number of hydrogen-bond acceptors (Lipinski definition) is 3. The Labute approximate surface area is 131 Å². The minimum absolute atomic E-state index is 0.0518. The summed E-state index contributed by atoms with van der Waals surface area (Å²) >= 11 is 0. The first-order valence-electron chi connectivity index (χ1n) is 9.21. The lowest BCUT2D eigenvalue weighted by Crippen LogP contribution is -2.19. The van der Waals surface area contributed by atoms with E-state index in [1.165, 1.54) is 64.2 Å². The van der Waals surface area contributed by atoms with E-state index >= 15 is 0 Å². The number of hydrogen-bond donors (Lipinski definition) is 1. The summed E-state index contributed by atoms with van der Waals surface area (Å²) in [6.07, 6.45) is 15.9. The molecule has 0 amide bonds. The van der Waals surface area contributed by atoms with Crippen molar-refractivity contribution in [3.63, 3.8) is 0 Å². The van der Waals surface area contributed by atoms with Crippen LogP contribution in [0.5, 0.6) is 0 Å². The first-order valence-corrected chi connectivity index (χ1v) is 9.21. The second kappa shape index (κ2) is 13.5. The van der Waals surface area contributed by atoms with Crippen molar-refractivity contribution in [3.05, 3.63) is 0 Å². The number of aliphatic hydroxyl groups is 1. The van der Waals surface area contributed by atoms with Gasteiger partial charge in [-0.05, 0) is 19.3 Å². The van der Waals surface area contributed by atoms with Crippen molar-refractivity contribution in [1.82, 2.24) is 0 Å². The third-order valence-electron chi connectivity index (χ3n) is 4.35. The van der Waals surface area contributed by atoms with Gasteiger partial charge in [0.05, 0.1) is 25.4 Å². The maximum atomic E-state index is 8.99. The van der Waals surface area contributed by atoms with Crippen molar-refractivity contribution in [1.29, 1.82) is 0 Å². The van der Waals surface area contributed by atoms with Crippen LogP contribution in [-0.2, 0) is 9.47 Å². The fraction of sp³-hybridized carbons (Fsp3) is 1.00. The van der Waals surface area contributed by atoms with Crippen LogP contribution in [0.15, 0.2) is 0 Å². The highest BCUT2D eigenvalue weighted by atomic mass is 16.5. The average Bonchev–Trinajstić information content (AvgIpc) is 2.96. The second-order valence-electron chi connectivity index (χ2n) is 6.40. The molecule has 3 heteroatoms. The summed E-state index contributed by atoms with van der Waals surface area (Å²) in [4.78, 5) is 0. The van der Waals surface area contributed by atoms with Crippen molar-refractivity contribution in [3.8, 4) is 0 Å². The SMILES string of the molecule is CCCCCCCCCCCCOCC1CCC(CO)O1. The van der Waals surface area contributed by atoms with Crippen molar-refractivity contribution in [2.45, 2.75) is 96.2 Å². The second-order valence-corrected chi connectivity index (χ2v) is 6.40. The minimum atomic E-state index is 0.0518. The van der Waals surface area contributed by atoms with E-state index in [4.69, 9.17) is 14.6 Å². The minimum Gasteiger partial charge on any atom is -0.394 e. The molecule has 0 aromatic rings. The summed E-state index contributed by atoms with van der Waals surface area (Å²) in [5.74, 6) is 0. The lowest BCUT2D eigenvalue weighted by Gasteiger charge is -2.12. The lowest BCUT2D eigenvalue weighted by atomic mass is 10.1. The molecule has 1 N–H and O–H groups in total. The molecule has 21 heavy (non-hydrogen) atoms. The van der Waals surface area contributed by atoms with E-state index in [9.17, 15) is 0 Å². The molecule has 0 aromatic carbocycles. The third kappa shape index (κ3) is 10.3. The largest absolute Gasteiger partial charge is 0.394 e. The summed E-state index contributed by atoms with van der Waals surface area (Å²) in [6, 6.07) is 0. The fourth-order valence-electron chi connectivity index (χ4n) is 2.94. The van der Waals surface area contributed by atoms with Gasteiger partial charge >= 0.3 is 0 Å². The van der Waals surface area contributed by atoms with Crippen molar-refractivity contribution in [2.75, 3.05) is 19.8 Å². The maximum absolute atomic E-state index is 8.99. The third-order valence-corrected chi connectivity index (χ3v) is 4.35. The summed E-state index contributed by atoms with van der Waals surface area (Å²) in [7, 11) is 0. The van der Waals surface area contributed by atoms with E-state index in [1.54, 1.807) is 0 Å². The summed E-state index contributed by atoms with van der Waals surface area (Å²) in [5.41, 5.74) is 0. The van der Waals surface area contributed by atoms with Crippen LogP contribution in [-0.4, -0.2) is 37.1 Å². The first-order chi connectivity index (χ1) is 10.4. The van der Waals surface area contributed by atoms with Gasteiger partial charge in [-0.2, -0.15) is 0 Å². The monoisotopic (exact) mass is 300 g/mol. The van der Waals surface area contributed by atoms with Gasteiger partial charge in [0.25, 0.3) is 0 Å². The Hall–Kier alpha value is -0.120. The fourth-order valence-corrected chi connectivity index (χ4v) is 2.94. The molecule has 0 saturated carbocycles. The molecular formula is C18H36O3. The van der Waals surface area contributed by atoms with E-state index in [1.807, 2.05) is 0 Å². The average molecular weight is 300 g/mol. The van der Waals surface area contributed by atoms with Crippen LogP contribution in [0.2, 0.25) is 0 Å². The molecule has 126 valence electrons. The van der Waals surface area contributed by atoms with Gasteiger partial charge in [0, 0.05) is 6.61 Å². The summed E-state index contributed by atoms with van der Waals surface area (Å²) in [6.45, 7) is 3.98. The number of rotatable bonds is 14. The Balaban J connectivity index is 1.73. The van der Waals surface area contributed by atoms with Gasteiger partial charge in [-0.1, -0.05) is 64.7 Å². The normalized spacial score (nSPS) is 22.0. The maximum Gasteiger partial charge on any atom is 0.0814 e. The molecule has 0 aromatic heterocycles. The van der Waals surface area contributed by atoms with Crippen LogP contribution in [0.4, 0.5) is 0 Å². The molecule has 1 rings (SSSR count). The zero-order valence-electron chi connectivity index (χ0n) is 14.0. The van der Waals surface area contributed by atoms with Crippen LogP contribution < -0.4 is 0 Å². The van der Waals surface area contributed by atoms with E-state index in [0.29, 0.717) is 6.61 Å². The van der Waals surface area contributed by atoms with Crippen LogP contribution in [0.1, 0.15) is 84.0 Å². The van der Waals surface area contributed by atoms with Gasteiger partial charge in [-0.15, -0.1) is 0 Å². The van der Waals surface area contributed by atoms with Crippen molar-refractivity contribution in [2.24, 2.45) is 0 Å². The highest BCUT2D eigenvalue weighted by molar-refractivity contribution is 4.72. The predicted molar refractivity (Wildman–Crippen MR) is 87.6 cm³/mol. The molecule has 0 bridgehead atoms. The zero-order chi connectivity index (χ0) is 15.2. The van der Waals surface area contributed by atoms with Crippen LogP contribution in [0.3, 0.4) is 0 Å². The Morgan fingerprint density at radius 2 is 1.43 bits per heavy atom. The Kier molecular flexibility index (Phi) is 12.2. The van der Waals surface area contributed by atoms with E-state index in [2.05, 4.69) is 6.92 Å². The van der Waals surface area contributed by atoms with Crippen LogP contribution in [0.25, 0.3) is 0 Å². The summed E-state index contributed by atoms with van der Waals surface area (Å²) < 4.78 is 11.3. The molecule has 0 radical (unpaired) electrons. The van der Waals surface area contributed by atoms with Crippen molar-refractivity contribution < 1.29 is 14.6 Å². The topological polar surface area (TPSA) is 38.7 Å². The zero-order valence-corrected chi connectivity index (χ0v) is 14.0. The first kappa shape index (κ1) is 18.9. The highest BCUT2D eigenvalue weighted by Crippen LogP contribution is 2.19. The molecule has 0 aliphatic carbocycles. The van der Waals surface area contributed by atoms with Gasteiger partial charge in [0.2, 0.25) is 0 Å². The Morgan fingerprint density at radius 3 is 2.00 bits per heavy atom. The highest BCUT2D eigenvalue weighted by Gasteiger charge is 2.24. The van der Waals surface area contributed by atoms with Gasteiger partial charge in [-0.3, -0.25) is 0 Å². The molecule has 1 aliphatic rings. The van der Waals surface area contributed by atoms with Crippen LogP contribution >= 0.6 is 0 Å². The Bertz CT molecular complexity index is 221. The molecule has 3 nitrogen and oxygen atoms in total. The molecule has 1 fully saturated rings. The quantitative estimate of drug-likeness (QED) is 0.481. The van der Waals surface area contributed by atoms with Gasteiger partial charge in [0.15, 0.2) is 0 Å². The van der Waals surface area contributed by atoms with E-state index < -0.39 is 0 Å².